The van der Waals surface area contributed by atoms with Crippen LogP contribution in [-0.4, -0.2) is 27.9 Å². The molecule has 0 saturated carbocycles. The van der Waals surface area contributed by atoms with E-state index in [2.05, 4.69) is 14.5 Å². The van der Waals surface area contributed by atoms with E-state index in [1.165, 1.54) is 24.3 Å². The zero-order valence-electron chi connectivity index (χ0n) is 16.2. The smallest absolute Gasteiger partial charge is 0.408 e. The number of carbonyl (C=O) groups is 2. The highest BCUT2D eigenvalue weighted by atomic mass is 32.2. The van der Waals surface area contributed by atoms with Gasteiger partial charge in [-0.3, -0.25) is 4.79 Å². The Bertz CT molecular complexity index is 859. The number of hydrogen-bond acceptors (Lipinski definition) is 4. The van der Waals surface area contributed by atoms with Crippen molar-refractivity contribution >= 4 is 27.6 Å². The van der Waals surface area contributed by atoms with Crippen LogP contribution in [-0.2, 0) is 19.4 Å². The summed E-state index contributed by atoms with van der Waals surface area (Å²) in [5, 5.41) is 8.22. The van der Waals surface area contributed by atoms with Crippen LogP contribution >= 0.6 is 0 Å². The summed E-state index contributed by atoms with van der Waals surface area (Å²) in [5.74, 6) is -0.751. The average molecular weight is 394 g/mol. The first-order valence-electron chi connectivity index (χ1n) is 8.40. The molecule has 8 nitrogen and oxygen atoms in total. The number of nitrogens with two attached hydrogens (primary N) is 1. The van der Waals surface area contributed by atoms with Crippen LogP contribution in [0.25, 0.3) is 4.85 Å². The Hall–Kier alpha value is -2.44. The van der Waals surface area contributed by atoms with E-state index >= 15 is 0 Å². The Labute approximate surface area is 160 Å². The van der Waals surface area contributed by atoms with E-state index in [4.69, 9.17) is 16.4 Å². The molecule has 0 bridgehead atoms. The van der Waals surface area contributed by atoms with Crippen molar-refractivity contribution in [2.75, 3.05) is 0 Å². The van der Waals surface area contributed by atoms with Gasteiger partial charge in [-0.05, 0) is 45.2 Å². The third-order valence-corrected chi connectivity index (χ3v) is 4.59. The monoisotopic (exact) mass is 394 g/mol. The Morgan fingerprint density at radius 2 is 2.00 bits per heavy atom. The van der Waals surface area contributed by atoms with Crippen molar-refractivity contribution in [1.29, 1.82) is 0 Å². The molecule has 0 aliphatic carbocycles. The Kier molecular flexibility index (Phi) is 7.51. The summed E-state index contributed by atoms with van der Waals surface area (Å²) in [5.41, 5.74) is -0.493. The average Bonchev–Trinajstić information content (AvgIpc) is 2.51. The molecule has 0 radical (unpaired) electrons. The predicted molar refractivity (Wildman–Crippen MR) is 103 cm³/mol. The molecule has 1 aromatic rings. The lowest BCUT2D eigenvalue weighted by Gasteiger charge is -2.23. The third-order valence-electron chi connectivity index (χ3n) is 3.21. The molecule has 0 spiro atoms. The number of benzene rings is 1. The first kappa shape index (κ1) is 22.6. The number of nitrogens with zero attached hydrogens (tertiary/aromatic N) is 2. The molecule has 1 unspecified atom stereocenters. The van der Waals surface area contributed by atoms with Crippen molar-refractivity contribution in [2.45, 2.75) is 57.6 Å². The largest absolute Gasteiger partial charge is 0.444 e. The van der Waals surface area contributed by atoms with E-state index < -0.39 is 33.6 Å². The van der Waals surface area contributed by atoms with Crippen LogP contribution in [0.1, 0.15) is 41.0 Å². The summed E-state index contributed by atoms with van der Waals surface area (Å²) in [4.78, 5) is 27.9. The zero-order chi connectivity index (χ0) is 20.8. The van der Waals surface area contributed by atoms with Crippen molar-refractivity contribution in [3.05, 3.63) is 35.7 Å². The van der Waals surface area contributed by atoms with E-state index in [0.29, 0.717) is 0 Å². The van der Waals surface area contributed by atoms with Crippen LogP contribution in [0.3, 0.4) is 0 Å². The molecule has 0 fully saturated rings. The van der Waals surface area contributed by atoms with Gasteiger partial charge in [0.05, 0.1) is 11.5 Å². The van der Waals surface area contributed by atoms with Gasteiger partial charge < -0.3 is 10.1 Å². The molecule has 9 heteroatoms. The van der Waals surface area contributed by atoms with Crippen molar-refractivity contribution in [3.63, 3.8) is 0 Å². The molecule has 2 amide bonds. The highest BCUT2D eigenvalue weighted by molar-refractivity contribution is 7.91. The second-order valence-corrected chi connectivity index (χ2v) is 9.23. The quantitative estimate of drug-likeness (QED) is 0.745. The first-order valence-corrected chi connectivity index (χ1v) is 9.97. The van der Waals surface area contributed by atoms with E-state index in [-0.39, 0.29) is 22.9 Å². The molecule has 0 aliphatic heterocycles. The van der Waals surface area contributed by atoms with Gasteiger partial charge in [-0.1, -0.05) is 26.0 Å². The number of nitrogens with one attached hydrogen (secondary N) is 1. The summed E-state index contributed by atoms with van der Waals surface area (Å²) < 4.78 is 21.5. The third kappa shape index (κ3) is 7.76. The maximum absolute atomic E-state index is 12.7. The molecule has 3 N–H and O–H groups in total. The molecule has 0 heterocycles. The molecule has 2 atom stereocenters. The van der Waals surface area contributed by atoms with Gasteiger partial charge in [0.25, 0.3) is 5.91 Å². The summed E-state index contributed by atoms with van der Waals surface area (Å²) in [6.07, 6.45) is -0.491. The van der Waals surface area contributed by atoms with Gasteiger partial charge >= 0.3 is 6.09 Å². The molecular formula is C18H26N4O4S. The van der Waals surface area contributed by atoms with E-state index in [0.717, 1.165) is 0 Å². The van der Waals surface area contributed by atoms with Crippen LogP contribution in [0, 0.1) is 12.5 Å². The molecule has 1 rings (SSSR count). The minimum Gasteiger partial charge on any atom is -0.444 e. The van der Waals surface area contributed by atoms with Crippen molar-refractivity contribution in [1.82, 2.24) is 5.32 Å². The van der Waals surface area contributed by atoms with Gasteiger partial charge in [0.15, 0.2) is 5.69 Å². The van der Waals surface area contributed by atoms with Gasteiger partial charge in [-0.15, -0.1) is 4.36 Å². The molecule has 0 aromatic heterocycles. The number of carbonyl (C=O) groups excluding carboxylic acids is 2. The minimum absolute atomic E-state index is 0.0587. The van der Waals surface area contributed by atoms with E-state index in [1.54, 1.807) is 20.8 Å². The predicted octanol–water partition coefficient (Wildman–Crippen LogP) is 3.40. The SMILES string of the molecule is [C-]#[N+]c1cccc(S(N)(=O)=NC(=O)[C@H](CC(C)C)NC(=O)OC(C)(C)C)c1. The topological polar surface area (TPSA) is 115 Å². The lowest BCUT2D eigenvalue weighted by molar-refractivity contribution is -0.120. The van der Waals surface area contributed by atoms with Crippen LogP contribution in [0.2, 0.25) is 0 Å². The van der Waals surface area contributed by atoms with Gasteiger partial charge in [0.1, 0.15) is 21.6 Å². The molecule has 0 saturated heterocycles. The van der Waals surface area contributed by atoms with Crippen molar-refractivity contribution in [3.8, 4) is 0 Å². The molecule has 0 aliphatic rings. The number of hydrogen-bond donors (Lipinski definition) is 2. The standard InChI is InChI=1S/C18H26N4O4S/c1-12(2)10-15(21-17(24)26-18(3,4)5)16(23)22-27(19,25)14-9-7-8-13(11-14)20-6/h7-9,11-12,15H,10H2,1-5H3,(H,21,24)(H2,19,22,23,25)/t15-,27?/m0/s1. The Morgan fingerprint density at radius 1 is 1.37 bits per heavy atom. The van der Waals surface area contributed by atoms with Crippen LogP contribution in [0.5, 0.6) is 0 Å². The van der Waals surface area contributed by atoms with Gasteiger partial charge in [0.2, 0.25) is 0 Å². The lowest BCUT2D eigenvalue weighted by atomic mass is 10.0. The lowest BCUT2D eigenvalue weighted by Crippen LogP contribution is -2.44. The van der Waals surface area contributed by atoms with Gasteiger partial charge in [-0.2, -0.15) is 0 Å². The number of rotatable bonds is 5. The summed E-state index contributed by atoms with van der Waals surface area (Å²) in [6.45, 7) is 15.9. The van der Waals surface area contributed by atoms with Crippen molar-refractivity contribution < 1.29 is 18.5 Å². The number of alkyl carbamates (subject to hydrolysis) is 1. The second-order valence-electron chi connectivity index (χ2n) is 7.44. The van der Waals surface area contributed by atoms with Crippen LogP contribution in [0.15, 0.2) is 33.5 Å². The maximum atomic E-state index is 12.7. The summed E-state index contributed by atoms with van der Waals surface area (Å²) in [6, 6.07) is 4.78. The highest BCUT2D eigenvalue weighted by Gasteiger charge is 2.26. The Balaban J connectivity index is 3.13. The fraction of sp³-hybridized carbons (Fsp3) is 0.500. The number of amides is 2. The minimum atomic E-state index is -3.55. The summed E-state index contributed by atoms with van der Waals surface area (Å²) >= 11 is 0. The van der Waals surface area contributed by atoms with Gasteiger partial charge in [0, 0.05) is 0 Å². The molecule has 148 valence electrons. The van der Waals surface area contributed by atoms with Crippen LogP contribution in [0.4, 0.5) is 10.5 Å². The molecule has 27 heavy (non-hydrogen) atoms. The highest BCUT2D eigenvalue weighted by Crippen LogP contribution is 2.19. The van der Waals surface area contributed by atoms with E-state index in [1.807, 2.05) is 13.8 Å². The molecule has 1 aromatic carbocycles. The maximum Gasteiger partial charge on any atom is 0.408 e. The zero-order valence-corrected chi connectivity index (χ0v) is 17.0. The fourth-order valence-electron chi connectivity index (χ4n) is 2.13. The van der Waals surface area contributed by atoms with Crippen LogP contribution < -0.4 is 10.5 Å². The fourth-order valence-corrected chi connectivity index (χ4v) is 3.19. The number of ether oxygens (including phenoxy) is 1. The first-order chi connectivity index (χ1) is 12.3. The second kappa shape index (κ2) is 8.97. The summed E-state index contributed by atoms with van der Waals surface area (Å²) in [7, 11) is -3.55. The van der Waals surface area contributed by atoms with E-state index in [9.17, 15) is 13.8 Å². The van der Waals surface area contributed by atoms with Crippen molar-refractivity contribution in [2.24, 2.45) is 15.4 Å². The normalized spacial score (nSPS) is 14.6. The molecular weight excluding hydrogens is 368 g/mol. The Morgan fingerprint density at radius 3 is 2.52 bits per heavy atom. The van der Waals surface area contributed by atoms with Gasteiger partial charge in [-0.25, -0.2) is 19.0 Å².